The van der Waals surface area contributed by atoms with Gasteiger partial charge in [0, 0.05) is 11.6 Å². The molecule has 2 heterocycles. The molecule has 0 aliphatic carbocycles. The number of benzene rings is 3. The summed E-state index contributed by atoms with van der Waals surface area (Å²) in [6.07, 6.45) is 4.77. The maximum Gasteiger partial charge on any atom is 0.376 e. The molecule has 5 rings (SSSR count). The molecule has 1 atom stereocenters. The summed E-state index contributed by atoms with van der Waals surface area (Å²) in [6, 6.07) is 22.6. The van der Waals surface area contributed by atoms with Gasteiger partial charge in [0.05, 0.1) is 11.1 Å². The van der Waals surface area contributed by atoms with Gasteiger partial charge < -0.3 is 0 Å². The third-order valence-corrected chi connectivity index (χ3v) is 7.00. The number of aryl methyl sites for hydroxylation is 1. The molecule has 33 heavy (non-hydrogen) atoms. The molecule has 0 saturated carbocycles. The average Bonchev–Trinajstić information content (AvgIpc) is 3.10. The summed E-state index contributed by atoms with van der Waals surface area (Å²) in [5.41, 5.74) is 12.5. The van der Waals surface area contributed by atoms with Crippen LogP contribution in [-0.4, -0.2) is 28.1 Å². The first-order valence-electron chi connectivity index (χ1n) is 12.4. The fraction of sp³-hybridized carbons (Fsp3) is 0.355. The number of nitrogens with zero attached hydrogens (tertiary/aromatic N) is 2. The molecule has 0 amide bonds. The van der Waals surface area contributed by atoms with E-state index in [2.05, 4.69) is 118 Å². The maximum atomic E-state index is 2.60. The molecular formula is C31H36N2+2. The van der Waals surface area contributed by atoms with Crippen LogP contribution in [0.3, 0.4) is 0 Å². The van der Waals surface area contributed by atoms with Gasteiger partial charge in [0.15, 0.2) is 0 Å². The number of hydrogen-bond donors (Lipinski definition) is 0. The molecule has 0 N–H and O–H groups in total. The van der Waals surface area contributed by atoms with Gasteiger partial charge in [-0.3, -0.25) is 0 Å². The minimum absolute atomic E-state index is 0.185. The molecule has 0 bridgehead atoms. The zero-order chi connectivity index (χ0) is 23.3. The molecule has 2 heteroatoms. The van der Waals surface area contributed by atoms with E-state index in [1.165, 1.54) is 50.3 Å². The highest BCUT2D eigenvalue weighted by Crippen LogP contribution is 2.46. The molecule has 0 radical (unpaired) electrons. The molecule has 2 aliphatic heterocycles. The summed E-state index contributed by atoms with van der Waals surface area (Å²) in [6.45, 7) is 11.6. The van der Waals surface area contributed by atoms with Crippen LogP contribution in [0.15, 0.2) is 60.7 Å². The minimum atomic E-state index is 0.185. The Hall–Kier alpha value is -3.00. The van der Waals surface area contributed by atoms with Crippen LogP contribution in [0.2, 0.25) is 0 Å². The molecule has 2 aliphatic rings. The van der Waals surface area contributed by atoms with Crippen molar-refractivity contribution in [2.24, 2.45) is 11.8 Å². The van der Waals surface area contributed by atoms with Crippen LogP contribution in [0.5, 0.6) is 0 Å². The lowest BCUT2D eigenvalue weighted by Crippen LogP contribution is -2.27. The van der Waals surface area contributed by atoms with E-state index in [1.54, 1.807) is 0 Å². The molecule has 3 aromatic rings. The van der Waals surface area contributed by atoms with E-state index in [0.717, 1.165) is 12.8 Å². The van der Waals surface area contributed by atoms with Crippen molar-refractivity contribution in [3.05, 3.63) is 88.5 Å². The van der Waals surface area contributed by atoms with Crippen molar-refractivity contribution in [1.82, 2.24) is 0 Å². The van der Waals surface area contributed by atoms with Crippen LogP contribution < -0.4 is 0 Å². The molecule has 0 fully saturated rings. The summed E-state index contributed by atoms with van der Waals surface area (Å²) in [5.74, 6) is 1.23. The molecule has 0 spiro atoms. The normalized spacial score (nSPS) is 16.7. The summed E-state index contributed by atoms with van der Waals surface area (Å²) < 4.78 is 5.02. The predicted octanol–water partition coefficient (Wildman–Crippen LogP) is 6.93. The van der Waals surface area contributed by atoms with Crippen molar-refractivity contribution >= 4 is 17.6 Å². The Bertz CT molecular complexity index is 1260. The summed E-state index contributed by atoms with van der Waals surface area (Å²) in [5, 5.41) is 0. The van der Waals surface area contributed by atoms with Crippen LogP contribution in [-0.2, 0) is 12.8 Å². The van der Waals surface area contributed by atoms with Crippen molar-refractivity contribution in [3.63, 3.8) is 0 Å². The highest BCUT2D eigenvalue weighted by Gasteiger charge is 2.49. The second-order valence-corrected chi connectivity index (χ2v) is 10.6. The van der Waals surface area contributed by atoms with E-state index in [9.17, 15) is 0 Å². The van der Waals surface area contributed by atoms with Crippen LogP contribution in [0, 0.1) is 18.8 Å². The third kappa shape index (κ3) is 3.66. The fourth-order valence-electron chi connectivity index (χ4n) is 5.79. The molecule has 0 aromatic heterocycles. The lowest BCUT2D eigenvalue weighted by molar-refractivity contribution is -0.727. The summed E-state index contributed by atoms with van der Waals surface area (Å²) >= 11 is 0. The molecular weight excluding hydrogens is 400 g/mol. The summed E-state index contributed by atoms with van der Waals surface area (Å²) in [7, 11) is 2.24. The van der Waals surface area contributed by atoms with Gasteiger partial charge in [-0.25, -0.2) is 0 Å². The van der Waals surface area contributed by atoms with Crippen LogP contribution in [0.25, 0.3) is 11.1 Å². The third-order valence-electron chi connectivity index (χ3n) is 7.00. The highest BCUT2D eigenvalue weighted by molar-refractivity contribution is 6.36. The molecule has 168 valence electrons. The van der Waals surface area contributed by atoms with Gasteiger partial charge in [0.25, 0.3) is 5.71 Å². The van der Waals surface area contributed by atoms with E-state index < -0.39 is 0 Å². The van der Waals surface area contributed by atoms with Crippen molar-refractivity contribution in [1.29, 1.82) is 0 Å². The lowest BCUT2D eigenvalue weighted by Gasteiger charge is -2.22. The fourth-order valence-corrected chi connectivity index (χ4v) is 5.79. The second kappa shape index (κ2) is 8.41. The van der Waals surface area contributed by atoms with Crippen molar-refractivity contribution < 1.29 is 9.15 Å². The quantitative estimate of drug-likeness (QED) is 0.383. The Balaban J connectivity index is 1.85. The number of hydrogen-bond acceptors (Lipinski definition) is 0. The van der Waals surface area contributed by atoms with Gasteiger partial charge in [-0.1, -0.05) is 76.2 Å². The highest BCUT2D eigenvalue weighted by atomic mass is 15.3. The molecule has 0 saturated heterocycles. The zero-order valence-corrected chi connectivity index (χ0v) is 20.9. The van der Waals surface area contributed by atoms with Crippen molar-refractivity contribution in [2.75, 3.05) is 7.05 Å². The van der Waals surface area contributed by atoms with Crippen molar-refractivity contribution in [2.45, 2.75) is 53.6 Å². The Morgan fingerprint density at radius 1 is 0.758 bits per heavy atom. The lowest BCUT2D eigenvalue weighted by atomic mass is 9.87. The predicted molar refractivity (Wildman–Crippen MR) is 139 cm³/mol. The smallest absolute Gasteiger partial charge is 0.168 e. The van der Waals surface area contributed by atoms with E-state index >= 15 is 0 Å². The van der Waals surface area contributed by atoms with E-state index in [-0.39, 0.29) is 6.17 Å². The first-order chi connectivity index (χ1) is 15.9. The first-order valence-corrected chi connectivity index (χ1v) is 12.4. The van der Waals surface area contributed by atoms with E-state index in [1.807, 2.05) is 0 Å². The van der Waals surface area contributed by atoms with Crippen LogP contribution in [0.4, 0.5) is 5.69 Å². The van der Waals surface area contributed by atoms with Crippen LogP contribution >= 0.6 is 0 Å². The number of para-hydroxylation sites is 1. The number of rotatable bonds is 5. The largest absolute Gasteiger partial charge is 0.376 e. The van der Waals surface area contributed by atoms with E-state index in [0.29, 0.717) is 11.8 Å². The Morgan fingerprint density at radius 3 is 2.03 bits per heavy atom. The number of fused-ring (bicyclic) bond motifs is 6. The van der Waals surface area contributed by atoms with E-state index in [4.69, 9.17) is 0 Å². The Kier molecular flexibility index (Phi) is 5.56. The molecule has 3 aromatic carbocycles. The molecule has 2 nitrogen and oxygen atoms in total. The first kappa shape index (κ1) is 21.8. The SMILES string of the molecule is Cc1cccc2c1C1[N+](C)=CC(c3c(CC(C)C)cccc3CC(C)C)=[N+]1c1ccccc1-2. The zero-order valence-electron chi connectivity index (χ0n) is 20.9. The average molecular weight is 437 g/mol. The van der Waals surface area contributed by atoms with Gasteiger partial charge in [-0.15, -0.1) is 4.58 Å². The summed E-state index contributed by atoms with van der Waals surface area (Å²) in [4.78, 5) is 0. The Labute approximate surface area is 198 Å². The maximum absolute atomic E-state index is 2.60. The van der Waals surface area contributed by atoms with Crippen molar-refractivity contribution in [3.8, 4) is 11.1 Å². The second-order valence-electron chi connectivity index (χ2n) is 10.6. The minimum Gasteiger partial charge on any atom is -0.168 e. The van der Waals surface area contributed by atoms with Gasteiger partial charge in [0.1, 0.15) is 12.6 Å². The van der Waals surface area contributed by atoms with Gasteiger partial charge >= 0.3 is 6.17 Å². The standard InChI is InChI=1S/C31H36N2/c1-20(2)17-23-12-10-13-24(18-21(3)4)30(23)28-19-32(6)31-29-22(5)11-9-15-26(29)25-14-7-8-16-27(25)33(28)31/h7-16,19-21,31H,17-18H2,1-6H3/q+2. The molecule has 1 unspecified atom stereocenters. The topological polar surface area (TPSA) is 6.02 Å². The van der Waals surface area contributed by atoms with Gasteiger partial charge in [-0.05, 0) is 54.4 Å². The monoisotopic (exact) mass is 436 g/mol. The van der Waals surface area contributed by atoms with Crippen LogP contribution in [0.1, 0.15) is 61.7 Å². The van der Waals surface area contributed by atoms with Gasteiger partial charge in [-0.2, -0.15) is 4.58 Å². The Morgan fingerprint density at radius 2 is 1.36 bits per heavy atom. The van der Waals surface area contributed by atoms with Gasteiger partial charge in [0.2, 0.25) is 11.9 Å².